The molecule has 0 spiro atoms. The fourth-order valence-electron chi connectivity index (χ4n) is 3.30. The molecule has 2 aromatic heterocycles. The molecular weight excluding hydrogens is 367 g/mol. The summed E-state index contributed by atoms with van der Waals surface area (Å²) in [6.07, 6.45) is 5.07. The first-order valence-electron chi connectivity index (χ1n) is 9.28. The van der Waals surface area contributed by atoms with Gasteiger partial charge in [-0.25, -0.2) is 9.18 Å². The Hall–Kier alpha value is -2.91. The molecule has 1 aliphatic rings. The first kappa shape index (κ1) is 19.8. The zero-order chi connectivity index (χ0) is 20.1. The molecule has 152 valence electrons. The normalized spacial score (nSPS) is 20.0. The summed E-state index contributed by atoms with van der Waals surface area (Å²) in [6.45, 7) is 0.944. The Morgan fingerprint density at radius 3 is 3.00 bits per heavy atom. The van der Waals surface area contributed by atoms with Crippen LogP contribution >= 0.6 is 0 Å². The van der Waals surface area contributed by atoms with Crippen molar-refractivity contribution < 1.29 is 18.7 Å². The number of alkyl carbamates (subject to hydrolysis) is 1. The summed E-state index contributed by atoms with van der Waals surface area (Å²) < 4.78 is 19.4. The van der Waals surface area contributed by atoms with Crippen molar-refractivity contribution in [2.75, 3.05) is 12.0 Å². The molecule has 9 nitrogen and oxygen atoms in total. The summed E-state index contributed by atoms with van der Waals surface area (Å²) in [6, 6.07) is 1.24. The van der Waals surface area contributed by atoms with Crippen LogP contribution in [-0.2, 0) is 23.0 Å². The van der Waals surface area contributed by atoms with Gasteiger partial charge in [0.05, 0.1) is 18.7 Å². The average molecular weight is 392 g/mol. The van der Waals surface area contributed by atoms with Gasteiger partial charge in [-0.3, -0.25) is 14.6 Å². The molecule has 0 saturated heterocycles. The topological polar surface area (TPSA) is 114 Å². The molecule has 2 aromatic rings. The maximum atomic E-state index is 12.4. The van der Waals surface area contributed by atoms with Gasteiger partial charge >= 0.3 is 6.09 Å². The van der Waals surface area contributed by atoms with Crippen LogP contribution in [0, 0.1) is 0 Å². The Balaban J connectivity index is 1.47. The molecule has 2 heterocycles. The van der Waals surface area contributed by atoms with E-state index in [0.717, 1.165) is 24.1 Å². The first-order chi connectivity index (χ1) is 13.4. The third-order valence-electron chi connectivity index (χ3n) is 4.68. The van der Waals surface area contributed by atoms with Gasteiger partial charge in [0.2, 0.25) is 5.91 Å². The minimum atomic E-state index is -0.633. The Kier molecular flexibility index (Phi) is 6.27. The summed E-state index contributed by atoms with van der Waals surface area (Å²) in [7, 11) is 1.80. The van der Waals surface area contributed by atoms with E-state index in [0.29, 0.717) is 12.2 Å². The number of halogens is 1. The highest BCUT2D eigenvalue weighted by atomic mass is 19.1. The Morgan fingerprint density at radius 1 is 1.46 bits per heavy atom. The summed E-state index contributed by atoms with van der Waals surface area (Å²) in [5.74, 6) is 0.452. The van der Waals surface area contributed by atoms with Crippen molar-refractivity contribution >= 4 is 17.8 Å². The molecule has 10 heteroatoms. The zero-order valence-corrected chi connectivity index (χ0v) is 15.9. The fraction of sp³-hybridized carbons (Fsp3) is 0.556. The molecule has 1 saturated carbocycles. The molecule has 0 radical (unpaired) electrons. The van der Waals surface area contributed by atoms with Gasteiger partial charge in [-0.2, -0.15) is 10.2 Å². The van der Waals surface area contributed by atoms with Gasteiger partial charge in [0, 0.05) is 30.9 Å². The number of aryl methyl sites for hydroxylation is 1. The van der Waals surface area contributed by atoms with E-state index in [-0.39, 0.29) is 24.3 Å². The molecule has 3 atom stereocenters. The molecule has 0 aromatic carbocycles. The van der Waals surface area contributed by atoms with Crippen LogP contribution in [-0.4, -0.2) is 50.8 Å². The number of rotatable bonds is 7. The standard InChI is InChI=1S/C18H25FN6O3/c1-11(8-19)21-18(27)28-14-4-3-13(6-14)15-7-16(24-23-15)22-17(26)5-12-9-20-25(2)10-12/h7,9-11,13-14H,3-6,8H2,1-2H3,(H,21,27)(H2,22,23,24,26)/t11-,13-,14+/m0/s1. The maximum Gasteiger partial charge on any atom is 0.407 e. The Bertz CT molecular complexity index is 820. The van der Waals surface area contributed by atoms with Gasteiger partial charge in [-0.1, -0.05) is 0 Å². The van der Waals surface area contributed by atoms with E-state index in [9.17, 15) is 14.0 Å². The van der Waals surface area contributed by atoms with Crippen molar-refractivity contribution in [2.24, 2.45) is 7.05 Å². The number of hydrogen-bond acceptors (Lipinski definition) is 5. The Labute approximate surface area is 162 Å². The highest BCUT2D eigenvalue weighted by molar-refractivity contribution is 5.91. The van der Waals surface area contributed by atoms with Crippen LogP contribution in [0.15, 0.2) is 18.5 Å². The number of amides is 2. The van der Waals surface area contributed by atoms with Crippen LogP contribution in [0.1, 0.15) is 43.4 Å². The molecular formula is C18H25FN6O3. The molecule has 1 aliphatic carbocycles. The predicted octanol–water partition coefficient (Wildman–Crippen LogP) is 2.04. The molecule has 3 rings (SSSR count). The molecule has 1 fully saturated rings. The lowest BCUT2D eigenvalue weighted by Crippen LogP contribution is -2.36. The lowest BCUT2D eigenvalue weighted by Gasteiger charge is -2.15. The van der Waals surface area contributed by atoms with Gasteiger partial charge in [-0.15, -0.1) is 0 Å². The van der Waals surface area contributed by atoms with Crippen molar-refractivity contribution in [1.82, 2.24) is 25.3 Å². The molecule has 0 bridgehead atoms. The second-order valence-corrected chi connectivity index (χ2v) is 7.19. The van der Waals surface area contributed by atoms with E-state index >= 15 is 0 Å². The number of carbonyl (C=O) groups is 2. The van der Waals surface area contributed by atoms with Crippen LogP contribution in [0.3, 0.4) is 0 Å². The number of alkyl halides is 1. The number of H-pyrrole nitrogens is 1. The highest BCUT2D eigenvalue weighted by Crippen LogP contribution is 2.35. The average Bonchev–Trinajstić information content (AvgIpc) is 3.36. The van der Waals surface area contributed by atoms with Gasteiger partial charge in [0.1, 0.15) is 12.8 Å². The van der Waals surface area contributed by atoms with Crippen LogP contribution in [0.5, 0.6) is 0 Å². The molecule has 28 heavy (non-hydrogen) atoms. The Morgan fingerprint density at radius 2 is 2.29 bits per heavy atom. The number of ether oxygens (including phenoxy) is 1. The first-order valence-corrected chi connectivity index (χ1v) is 9.28. The van der Waals surface area contributed by atoms with Gasteiger partial charge in [-0.05, 0) is 31.7 Å². The molecule has 3 N–H and O–H groups in total. The van der Waals surface area contributed by atoms with Gasteiger partial charge < -0.3 is 15.4 Å². The number of carbonyl (C=O) groups excluding carboxylic acids is 2. The summed E-state index contributed by atoms with van der Waals surface area (Å²) >= 11 is 0. The SMILES string of the molecule is C[C@@H](CF)NC(=O)O[C@@H]1CC[C@H](c2cc(NC(=O)Cc3cnn(C)c3)n[nH]2)C1. The third kappa shape index (κ3) is 5.30. The van der Waals surface area contributed by atoms with E-state index < -0.39 is 18.8 Å². The van der Waals surface area contributed by atoms with E-state index in [2.05, 4.69) is 25.9 Å². The molecule has 2 amide bonds. The van der Waals surface area contributed by atoms with Crippen molar-refractivity contribution in [2.45, 2.75) is 50.7 Å². The van der Waals surface area contributed by atoms with Crippen molar-refractivity contribution in [3.63, 3.8) is 0 Å². The van der Waals surface area contributed by atoms with Crippen LogP contribution in [0.4, 0.5) is 15.0 Å². The largest absolute Gasteiger partial charge is 0.446 e. The van der Waals surface area contributed by atoms with E-state index in [4.69, 9.17) is 4.74 Å². The second kappa shape index (κ2) is 8.85. The highest BCUT2D eigenvalue weighted by Gasteiger charge is 2.30. The second-order valence-electron chi connectivity index (χ2n) is 7.19. The number of nitrogens with one attached hydrogen (secondary N) is 3. The van der Waals surface area contributed by atoms with Crippen LogP contribution in [0.25, 0.3) is 0 Å². The lowest BCUT2D eigenvalue weighted by atomic mass is 10.0. The predicted molar refractivity (Wildman–Crippen MR) is 99.6 cm³/mol. The fourth-order valence-corrected chi connectivity index (χ4v) is 3.30. The van der Waals surface area contributed by atoms with Crippen LogP contribution < -0.4 is 10.6 Å². The van der Waals surface area contributed by atoms with Crippen molar-refractivity contribution in [3.8, 4) is 0 Å². The monoisotopic (exact) mass is 392 g/mol. The minimum absolute atomic E-state index is 0.160. The van der Waals surface area contributed by atoms with E-state index in [1.165, 1.54) is 0 Å². The number of aromatic amines is 1. The van der Waals surface area contributed by atoms with Crippen molar-refractivity contribution in [3.05, 3.63) is 29.7 Å². The lowest BCUT2D eigenvalue weighted by molar-refractivity contribution is -0.115. The summed E-state index contributed by atoms with van der Waals surface area (Å²) in [5.41, 5.74) is 1.72. The molecule has 0 aliphatic heterocycles. The van der Waals surface area contributed by atoms with Gasteiger partial charge in [0.15, 0.2) is 5.82 Å². The number of nitrogens with zero attached hydrogens (tertiary/aromatic N) is 3. The van der Waals surface area contributed by atoms with Crippen LogP contribution in [0.2, 0.25) is 0 Å². The van der Waals surface area contributed by atoms with E-state index in [1.807, 2.05) is 0 Å². The smallest absolute Gasteiger partial charge is 0.407 e. The quantitative estimate of drug-likeness (QED) is 0.667. The zero-order valence-electron chi connectivity index (χ0n) is 15.9. The third-order valence-corrected chi connectivity index (χ3v) is 4.68. The maximum absolute atomic E-state index is 12.4. The summed E-state index contributed by atoms with van der Waals surface area (Å²) in [5, 5.41) is 16.3. The number of aromatic nitrogens is 4. The minimum Gasteiger partial charge on any atom is -0.446 e. The van der Waals surface area contributed by atoms with Gasteiger partial charge in [0.25, 0.3) is 0 Å². The van der Waals surface area contributed by atoms with E-state index in [1.54, 1.807) is 37.1 Å². The molecule has 0 unspecified atom stereocenters. The summed E-state index contributed by atoms with van der Waals surface area (Å²) in [4.78, 5) is 23.8. The number of anilines is 1. The van der Waals surface area contributed by atoms with Crippen molar-refractivity contribution in [1.29, 1.82) is 0 Å². The number of hydrogen-bond donors (Lipinski definition) is 3.